The summed E-state index contributed by atoms with van der Waals surface area (Å²) in [5.41, 5.74) is -0.928. The molecule has 1 atom stereocenters. The van der Waals surface area contributed by atoms with E-state index in [0.717, 1.165) is 4.90 Å². The van der Waals surface area contributed by atoms with Gasteiger partial charge in [-0.15, -0.1) is 0 Å². The van der Waals surface area contributed by atoms with Gasteiger partial charge < -0.3 is 24.4 Å². The van der Waals surface area contributed by atoms with Crippen molar-refractivity contribution in [3.05, 3.63) is 48.0 Å². The number of nitrogens with one attached hydrogen (secondary N) is 1. The fourth-order valence-electron chi connectivity index (χ4n) is 4.49. The van der Waals surface area contributed by atoms with E-state index >= 15 is 0 Å². The summed E-state index contributed by atoms with van der Waals surface area (Å²) in [6.07, 6.45) is 0. The number of hydrogen-bond acceptors (Lipinski definition) is 8. The molecule has 0 unspecified atom stereocenters. The van der Waals surface area contributed by atoms with Gasteiger partial charge in [-0.3, -0.25) is 14.5 Å². The number of rotatable bonds is 8. The van der Waals surface area contributed by atoms with Gasteiger partial charge in [0.1, 0.15) is 17.8 Å². The van der Waals surface area contributed by atoms with Crippen LogP contribution in [0.2, 0.25) is 0 Å². The van der Waals surface area contributed by atoms with Crippen LogP contribution < -0.4 is 19.5 Å². The van der Waals surface area contributed by atoms with E-state index in [1.807, 2.05) is 0 Å². The number of nitrogens with zero attached hydrogens (tertiary/aromatic N) is 3. The number of urea groups is 1. The van der Waals surface area contributed by atoms with Crippen LogP contribution in [0.15, 0.2) is 47.4 Å². The summed E-state index contributed by atoms with van der Waals surface area (Å²) < 4.78 is 42.9. The summed E-state index contributed by atoms with van der Waals surface area (Å²) in [4.78, 5) is 41.5. The molecule has 2 fully saturated rings. The second-order valence-electron chi connectivity index (χ2n) is 8.98. The van der Waals surface area contributed by atoms with Gasteiger partial charge >= 0.3 is 6.03 Å². The van der Waals surface area contributed by atoms with Crippen molar-refractivity contribution in [1.29, 1.82) is 0 Å². The largest absolute Gasteiger partial charge is 0.497 e. The van der Waals surface area contributed by atoms with Crippen LogP contribution in [0.3, 0.4) is 0 Å². The Balaban J connectivity index is 1.41. The third kappa shape index (κ3) is 4.86. The summed E-state index contributed by atoms with van der Waals surface area (Å²) in [6, 6.07) is 10.3. The number of ether oxygens (including phenoxy) is 3. The molecule has 12 nitrogen and oxygen atoms in total. The van der Waals surface area contributed by atoms with Gasteiger partial charge in [0, 0.05) is 26.2 Å². The highest BCUT2D eigenvalue weighted by molar-refractivity contribution is 7.89. The minimum atomic E-state index is -3.74. The lowest BCUT2D eigenvalue weighted by Gasteiger charge is -2.34. The third-order valence-corrected chi connectivity index (χ3v) is 8.73. The molecule has 2 aliphatic rings. The van der Waals surface area contributed by atoms with E-state index in [2.05, 4.69) is 5.32 Å². The fraction of sp³-hybridized carbons (Fsp3) is 0.400. The van der Waals surface area contributed by atoms with Crippen LogP contribution in [0, 0.1) is 0 Å². The van der Waals surface area contributed by atoms with Gasteiger partial charge in [0.2, 0.25) is 15.9 Å². The SMILES string of the molecule is COc1ccc(S(=O)(=O)N2CCN(C(=O)CN3C(=O)N[C@@](C)(c4ccc(OC)c(OC)c4)C3=O)CC2)cc1. The number of methoxy groups -OCH3 is 3. The highest BCUT2D eigenvalue weighted by atomic mass is 32.2. The van der Waals surface area contributed by atoms with Crippen LogP contribution >= 0.6 is 0 Å². The Bertz CT molecular complexity index is 1340. The predicted octanol–water partition coefficient (Wildman–Crippen LogP) is 1.01. The van der Waals surface area contributed by atoms with Crippen LogP contribution in [0.4, 0.5) is 4.79 Å². The van der Waals surface area contributed by atoms with E-state index in [9.17, 15) is 22.8 Å². The number of sulfonamides is 1. The number of carbonyl (C=O) groups is 3. The Kier molecular flexibility index (Phi) is 7.51. The summed E-state index contributed by atoms with van der Waals surface area (Å²) in [7, 11) is 0.709. The van der Waals surface area contributed by atoms with E-state index in [4.69, 9.17) is 14.2 Å². The van der Waals surface area contributed by atoms with Crippen molar-refractivity contribution in [2.45, 2.75) is 17.4 Å². The molecule has 204 valence electrons. The maximum Gasteiger partial charge on any atom is 0.325 e. The quantitative estimate of drug-likeness (QED) is 0.485. The molecule has 38 heavy (non-hydrogen) atoms. The summed E-state index contributed by atoms with van der Waals surface area (Å²) >= 11 is 0. The van der Waals surface area contributed by atoms with E-state index in [1.165, 1.54) is 42.7 Å². The van der Waals surface area contributed by atoms with Gasteiger partial charge in [0.15, 0.2) is 11.5 Å². The molecule has 4 rings (SSSR count). The molecule has 0 radical (unpaired) electrons. The second kappa shape index (κ2) is 10.5. The van der Waals surface area contributed by atoms with Crippen molar-refractivity contribution in [3.63, 3.8) is 0 Å². The molecule has 0 aliphatic carbocycles. The lowest BCUT2D eigenvalue weighted by Crippen LogP contribution is -2.53. The summed E-state index contributed by atoms with van der Waals surface area (Å²) in [6.45, 7) is 1.53. The normalized spacial score (nSPS) is 20.3. The van der Waals surface area contributed by atoms with Crippen molar-refractivity contribution >= 4 is 27.9 Å². The monoisotopic (exact) mass is 546 g/mol. The third-order valence-electron chi connectivity index (χ3n) is 6.82. The van der Waals surface area contributed by atoms with E-state index in [-0.39, 0.29) is 31.1 Å². The Morgan fingerprint density at radius 3 is 2.13 bits per heavy atom. The minimum Gasteiger partial charge on any atom is -0.497 e. The Labute approximate surface area is 221 Å². The molecule has 2 saturated heterocycles. The zero-order valence-corrected chi connectivity index (χ0v) is 22.4. The first-order valence-electron chi connectivity index (χ1n) is 11.8. The number of amides is 4. The average molecular weight is 547 g/mol. The molecule has 2 heterocycles. The number of carbonyl (C=O) groups excluding carboxylic acids is 3. The lowest BCUT2D eigenvalue weighted by molar-refractivity contribution is -0.139. The molecule has 2 aromatic rings. The van der Waals surface area contributed by atoms with E-state index in [1.54, 1.807) is 37.3 Å². The fourth-order valence-corrected chi connectivity index (χ4v) is 5.92. The van der Waals surface area contributed by atoms with Crippen molar-refractivity contribution in [2.24, 2.45) is 0 Å². The number of hydrogen-bond donors (Lipinski definition) is 1. The summed E-state index contributed by atoms with van der Waals surface area (Å²) in [5, 5.41) is 2.67. The Morgan fingerprint density at radius 2 is 1.55 bits per heavy atom. The molecule has 0 bridgehead atoms. The van der Waals surface area contributed by atoms with Crippen molar-refractivity contribution in [3.8, 4) is 17.2 Å². The molecule has 0 spiro atoms. The van der Waals surface area contributed by atoms with Gasteiger partial charge in [-0.2, -0.15) is 4.31 Å². The standard InChI is InChI=1S/C25H30N4O8S/c1-25(17-5-10-20(36-3)21(15-17)37-4)23(31)29(24(32)26-25)16-22(30)27-11-13-28(14-12-27)38(33,34)19-8-6-18(35-2)7-9-19/h5-10,15H,11-14,16H2,1-4H3,(H,26,32)/t25-/m0/s1. The molecule has 2 aromatic carbocycles. The van der Waals surface area contributed by atoms with Gasteiger partial charge in [0.05, 0.1) is 26.2 Å². The van der Waals surface area contributed by atoms with E-state index < -0.39 is 40.0 Å². The van der Waals surface area contributed by atoms with Crippen LogP contribution in [0.1, 0.15) is 12.5 Å². The number of benzene rings is 2. The second-order valence-corrected chi connectivity index (χ2v) is 10.9. The smallest absolute Gasteiger partial charge is 0.325 e. The highest BCUT2D eigenvalue weighted by Crippen LogP contribution is 2.35. The zero-order valence-electron chi connectivity index (χ0n) is 21.6. The first-order valence-corrected chi connectivity index (χ1v) is 13.3. The molecule has 13 heteroatoms. The predicted molar refractivity (Wildman–Crippen MR) is 135 cm³/mol. The van der Waals surface area contributed by atoms with Crippen LogP contribution in [-0.4, -0.2) is 94.4 Å². The summed E-state index contributed by atoms with van der Waals surface area (Å²) in [5.74, 6) is 0.375. The van der Waals surface area contributed by atoms with Crippen molar-refractivity contribution in [1.82, 2.24) is 19.4 Å². The molecule has 0 saturated carbocycles. The average Bonchev–Trinajstić information content (AvgIpc) is 3.16. The Hall–Kier alpha value is -3.84. The van der Waals surface area contributed by atoms with Gasteiger partial charge in [-0.25, -0.2) is 13.2 Å². The first kappa shape index (κ1) is 27.2. The Morgan fingerprint density at radius 1 is 0.921 bits per heavy atom. The first-order chi connectivity index (χ1) is 18.0. The van der Waals surface area contributed by atoms with Gasteiger partial charge in [0.25, 0.3) is 5.91 Å². The molecular weight excluding hydrogens is 516 g/mol. The van der Waals surface area contributed by atoms with Gasteiger partial charge in [-0.05, 0) is 48.9 Å². The minimum absolute atomic E-state index is 0.0869. The van der Waals surface area contributed by atoms with Crippen LogP contribution in [0.5, 0.6) is 17.2 Å². The van der Waals surface area contributed by atoms with E-state index in [0.29, 0.717) is 22.8 Å². The number of imide groups is 1. The van der Waals surface area contributed by atoms with Crippen LogP contribution in [0.25, 0.3) is 0 Å². The zero-order chi connectivity index (χ0) is 27.7. The number of piperazine rings is 1. The molecular formula is C25H30N4O8S. The molecule has 2 aliphatic heterocycles. The van der Waals surface area contributed by atoms with Gasteiger partial charge in [-0.1, -0.05) is 6.07 Å². The van der Waals surface area contributed by atoms with Crippen LogP contribution in [-0.2, 0) is 25.2 Å². The topological polar surface area (TPSA) is 135 Å². The molecule has 0 aromatic heterocycles. The molecule has 4 amide bonds. The lowest BCUT2D eigenvalue weighted by atomic mass is 9.91. The van der Waals surface area contributed by atoms with Crippen molar-refractivity contribution < 1.29 is 37.0 Å². The highest BCUT2D eigenvalue weighted by Gasteiger charge is 2.50. The maximum atomic E-state index is 13.3. The maximum absolute atomic E-state index is 13.3. The van der Waals surface area contributed by atoms with Crippen molar-refractivity contribution in [2.75, 3.05) is 54.1 Å². The molecule has 1 N–H and O–H groups in total.